The van der Waals surface area contributed by atoms with Gasteiger partial charge < -0.3 is 18.6 Å². The van der Waals surface area contributed by atoms with Crippen LogP contribution in [0.2, 0.25) is 0 Å². The highest BCUT2D eigenvalue weighted by Gasteiger charge is 2.22. The highest BCUT2D eigenvalue weighted by atomic mass is 16.5. The van der Waals surface area contributed by atoms with E-state index in [0.29, 0.717) is 35.5 Å². The second kappa shape index (κ2) is 7.11. The van der Waals surface area contributed by atoms with Gasteiger partial charge in [0.05, 0.1) is 31.3 Å². The molecule has 0 aliphatic carbocycles. The Kier molecular flexibility index (Phi) is 4.74. The highest BCUT2D eigenvalue weighted by Crippen LogP contribution is 2.29. The smallest absolute Gasteiger partial charge is 0.253 e. The molecule has 1 unspecified atom stereocenters. The fourth-order valence-corrected chi connectivity index (χ4v) is 2.42. The van der Waals surface area contributed by atoms with Crippen molar-refractivity contribution in [3.8, 4) is 17.6 Å². The van der Waals surface area contributed by atoms with Crippen LogP contribution in [-0.4, -0.2) is 30.5 Å². The molecule has 23 heavy (non-hydrogen) atoms. The zero-order valence-corrected chi connectivity index (χ0v) is 12.8. The van der Waals surface area contributed by atoms with Crippen LogP contribution < -0.4 is 9.47 Å². The van der Waals surface area contributed by atoms with Crippen LogP contribution >= 0.6 is 0 Å². The molecule has 0 spiro atoms. The Labute approximate surface area is 133 Å². The quantitative estimate of drug-likeness (QED) is 0.836. The molecule has 2 heterocycles. The maximum Gasteiger partial charge on any atom is 0.253 e. The second-order valence-electron chi connectivity index (χ2n) is 5.21. The zero-order valence-electron chi connectivity index (χ0n) is 12.8. The van der Waals surface area contributed by atoms with Gasteiger partial charge in [0.1, 0.15) is 0 Å². The topological polar surface area (TPSA) is 90.4 Å². The van der Waals surface area contributed by atoms with Crippen LogP contribution in [0.4, 0.5) is 0 Å². The van der Waals surface area contributed by atoms with E-state index in [9.17, 15) is 0 Å². The van der Waals surface area contributed by atoms with Gasteiger partial charge >= 0.3 is 0 Å². The normalized spacial score (nSPS) is 17.5. The summed E-state index contributed by atoms with van der Waals surface area (Å²) in [5, 5.41) is 17.0. The molecule has 0 radical (unpaired) electrons. The molecular formula is C16H17N3O4. The van der Waals surface area contributed by atoms with Gasteiger partial charge in [-0.05, 0) is 25.0 Å². The Morgan fingerprint density at radius 3 is 3.00 bits per heavy atom. The number of hydrogen-bond acceptors (Lipinski definition) is 7. The third-order valence-electron chi connectivity index (χ3n) is 3.64. The van der Waals surface area contributed by atoms with E-state index < -0.39 is 0 Å². The first kappa shape index (κ1) is 15.3. The van der Waals surface area contributed by atoms with Crippen LogP contribution in [0.3, 0.4) is 0 Å². The van der Waals surface area contributed by atoms with Crippen molar-refractivity contribution < 1.29 is 18.6 Å². The molecule has 0 saturated carbocycles. The summed E-state index contributed by atoms with van der Waals surface area (Å²) >= 11 is 0. The maximum absolute atomic E-state index is 8.89. The van der Waals surface area contributed by atoms with E-state index in [1.54, 1.807) is 18.2 Å². The summed E-state index contributed by atoms with van der Waals surface area (Å²) in [7, 11) is 1.53. The Balaban J connectivity index is 1.64. The number of hydrogen-bond donors (Lipinski definition) is 0. The predicted octanol–water partition coefficient (Wildman–Crippen LogP) is 2.42. The minimum absolute atomic E-state index is 0.142. The standard InChI is InChI=1S/C16H17N3O4/c1-20-14-7-11(8-17)4-5-13(14)22-10-15-18-19-16(23-15)12-3-2-6-21-9-12/h4-5,7,12H,2-3,6,9-10H2,1H3. The van der Waals surface area contributed by atoms with Crippen molar-refractivity contribution in [2.75, 3.05) is 20.3 Å². The number of methoxy groups -OCH3 is 1. The Morgan fingerprint density at radius 2 is 2.26 bits per heavy atom. The lowest BCUT2D eigenvalue weighted by molar-refractivity contribution is 0.0716. The van der Waals surface area contributed by atoms with Crippen molar-refractivity contribution in [3.63, 3.8) is 0 Å². The van der Waals surface area contributed by atoms with Crippen LogP contribution in [0.15, 0.2) is 22.6 Å². The van der Waals surface area contributed by atoms with E-state index in [-0.39, 0.29) is 12.5 Å². The maximum atomic E-state index is 8.89. The summed E-state index contributed by atoms with van der Waals surface area (Å²) in [6, 6.07) is 7.02. The molecule has 1 atom stereocenters. The lowest BCUT2D eigenvalue weighted by Gasteiger charge is -2.18. The molecular weight excluding hydrogens is 298 g/mol. The van der Waals surface area contributed by atoms with Gasteiger partial charge in [-0.15, -0.1) is 10.2 Å². The van der Waals surface area contributed by atoms with Crippen LogP contribution in [0.5, 0.6) is 11.5 Å². The van der Waals surface area contributed by atoms with Crippen molar-refractivity contribution in [2.24, 2.45) is 0 Å². The summed E-state index contributed by atoms with van der Waals surface area (Å²) in [6.45, 7) is 1.55. The number of aromatic nitrogens is 2. The molecule has 120 valence electrons. The van der Waals surface area contributed by atoms with Crippen molar-refractivity contribution in [2.45, 2.75) is 25.4 Å². The average Bonchev–Trinajstić information content (AvgIpc) is 3.09. The van der Waals surface area contributed by atoms with Crippen molar-refractivity contribution >= 4 is 0 Å². The molecule has 1 fully saturated rings. The van der Waals surface area contributed by atoms with Gasteiger partial charge in [-0.3, -0.25) is 0 Å². The number of nitriles is 1. The predicted molar refractivity (Wildman–Crippen MR) is 79.1 cm³/mol. The highest BCUT2D eigenvalue weighted by molar-refractivity contribution is 5.46. The van der Waals surface area contributed by atoms with E-state index in [0.717, 1.165) is 19.4 Å². The minimum Gasteiger partial charge on any atom is -0.493 e. The molecule has 0 N–H and O–H groups in total. The number of ether oxygens (including phenoxy) is 3. The SMILES string of the molecule is COc1cc(C#N)ccc1OCc1nnc(C2CCCOC2)o1. The molecule has 7 heteroatoms. The summed E-state index contributed by atoms with van der Waals surface area (Å²) < 4.78 is 21.9. The molecule has 0 amide bonds. The first-order valence-electron chi connectivity index (χ1n) is 7.41. The Morgan fingerprint density at radius 1 is 1.35 bits per heavy atom. The lowest BCUT2D eigenvalue weighted by atomic mass is 10.0. The molecule has 1 aliphatic heterocycles. The van der Waals surface area contributed by atoms with Gasteiger partial charge in [-0.25, -0.2) is 0 Å². The molecule has 1 aromatic heterocycles. The van der Waals surface area contributed by atoms with Crippen LogP contribution in [-0.2, 0) is 11.3 Å². The van der Waals surface area contributed by atoms with E-state index in [2.05, 4.69) is 16.3 Å². The summed E-state index contributed by atoms with van der Waals surface area (Å²) in [5.74, 6) is 2.17. The van der Waals surface area contributed by atoms with E-state index in [4.69, 9.17) is 23.9 Å². The van der Waals surface area contributed by atoms with Gasteiger partial charge in [-0.2, -0.15) is 5.26 Å². The van der Waals surface area contributed by atoms with Gasteiger partial charge in [0.25, 0.3) is 5.89 Å². The Hall–Kier alpha value is -2.59. The van der Waals surface area contributed by atoms with Crippen molar-refractivity contribution in [1.82, 2.24) is 10.2 Å². The molecule has 2 aromatic rings. The first-order chi connectivity index (χ1) is 11.3. The van der Waals surface area contributed by atoms with Gasteiger partial charge in [-0.1, -0.05) is 0 Å². The summed E-state index contributed by atoms with van der Waals surface area (Å²) in [4.78, 5) is 0. The number of rotatable bonds is 5. The number of nitrogens with zero attached hydrogens (tertiary/aromatic N) is 3. The van der Waals surface area contributed by atoms with Crippen LogP contribution in [0, 0.1) is 11.3 Å². The third kappa shape index (κ3) is 3.60. The first-order valence-corrected chi connectivity index (χ1v) is 7.41. The molecule has 1 saturated heterocycles. The fourth-order valence-electron chi connectivity index (χ4n) is 2.42. The average molecular weight is 315 g/mol. The fraction of sp³-hybridized carbons (Fsp3) is 0.438. The van der Waals surface area contributed by atoms with Gasteiger partial charge in [0.15, 0.2) is 18.1 Å². The van der Waals surface area contributed by atoms with E-state index >= 15 is 0 Å². The second-order valence-corrected chi connectivity index (χ2v) is 5.21. The summed E-state index contributed by atoms with van der Waals surface area (Å²) in [5.41, 5.74) is 0.506. The van der Waals surface area contributed by atoms with Crippen molar-refractivity contribution in [1.29, 1.82) is 5.26 Å². The largest absolute Gasteiger partial charge is 0.493 e. The minimum atomic E-state index is 0.142. The van der Waals surface area contributed by atoms with Crippen LogP contribution in [0.1, 0.15) is 36.1 Å². The zero-order chi connectivity index (χ0) is 16.1. The molecule has 0 bridgehead atoms. The lowest BCUT2D eigenvalue weighted by Crippen LogP contribution is -2.15. The number of benzene rings is 1. The third-order valence-corrected chi connectivity index (χ3v) is 3.64. The van der Waals surface area contributed by atoms with Crippen LogP contribution in [0.25, 0.3) is 0 Å². The monoisotopic (exact) mass is 315 g/mol. The van der Waals surface area contributed by atoms with Gasteiger partial charge in [0.2, 0.25) is 5.89 Å². The van der Waals surface area contributed by atoms with E-state index in [1.165, 1.54) is 7.11 Å². The summed E-state index contributed by atoms with van der Waals surface area (Å²) in [6.07, 6.45) is 1.99. The van der Waals surface area contributed by atoms with Gasteiger partial charge in [0, 0.05) is 12.7 Å². The van der Waals surface area contributed by atoms with E-state index in [1.807, 2.05) is 0 Å². The molecule has 7 nitrogen and oxygen atoms in total. The molecule has 1 aromatic carbocycles. The molecule has 3 rings (SSSR count). The van der Waals surface area contributed by atoms with Crippen molar-refractivity contribution in [3.05, 3.63) is 35.5 Å². The molecule has 1 aliphatic rings. The Bertz CT molecular complexity index is 702.